The Balaban J connectivity index is 2.10. The molecule has 20 heavy (non-hydrogen) atoms. The zero-order valence-corrected chi connectivity index (χ0v) is 12.0. The number of rotatable bonds is 8. The van der Waals surface area contributed by atoms with Gasteiger partial charge in [0.1, 0.15) is 11.4 Å². The van der Waals surface area contributed by atoms with Crippen LogP contribution in [0.3, 0.4) is 0 Å². The van der Waals surface area contributed by atoms with E-state index in [9.17, 15) is 15.2 Å². The highest BCUT2D eigenvalue weighted by atomic mass is 16.6. The number of aromatic nitrogens is 2. The molecule has 0 saturated heterocycles. The van der Waals surface area contributed by atoms with Crippen LogP contribution in [0.15, 0.2) is 0 Å². The molecule has 1 fully saturated rings. The standard InChI is InChI=1S/C13H22N4O3/c1-3-11-13(17(19)20)12(4-2)16(15-11)8-10(18)7-14-9-5-6-9/h9-10,14,18H,3-8H2,1-2H3. The zero-order valence-electron chi connectivity index (χ0n) is 12.0. The fraction of sp³-hybridized carbons (Fsp3) is 0.769. The highest BCUT2D eigenvalue weighted by Gasteiger charge is 2.27. The molecule has 0 aliphatic heterocycles. The van der Waals surface area contributed by atoms with Crippen LogP contribution in [0, 0.1) is 10.1 Å². The Kier molecular flexibility index (Phi) is 4.72. The van der Waals surface area contributed by atoms with Gasteiger partial charge in [-0.15, -0.1) is 0 Å². The van der Waals surface area contributed by atoms with E-state index in [1.165, 1.54) is 12.8 Å². The Morgan fingerprint density at radius 1 is 1.50 bits per heavy atom. The minimum Gasteiger partial charge on any atom is -0.390 e. The largest absolute Gasteiger partial charge is 0.390 e. The Bertz CT molecular complexity index is 482. The molecule has 0 aromatic carbocycles. The van der Waals surface area contributed by atoms with Crippen molar-refractivity contribution >= 4 is 5.69 Å². The van der Waals surface area contributed by atoms with E-state index in [1.54, 1.807) is 4.68 Å². The molecule has 2 N–H and O–H groups in total. The molecule has 0 bridgehead atoms. The molecule has 1 aliphatic rings. The van der Waals surface area contributed by atoms with Gasteiger partial charge in [0, 0.05) is 12.6 Å². The molecule has 112 valence electrons. The van der Waals surface area contributed by atoms with Crippen molar-refractivity contribution < 1.29 is 10.0 Å². The van der Waals surface area contributed by atoms with E-state index in [-0.39, 0.29) is 10.6 Å². The summed E-state index contributed by atoms with van der Waals surface area (Å²) >= 11 is 0. The maximum atomic E-state index is 11.2. The quantitative estimate of drug-likeness (QED) is 0.548. The minimum absolute atomic E-state index is 0.109. The van der Waals surface area contributed by atoms with Crippen molar-refractivity contribution in [1.29, 1.82) is 0 Å². The molecule has 1 atom stereocenters. The molecule has 1 aromatic rings. The van der Waals surface area contributed by atoms with E-state index < -0.39 is 6.10 Å². The molecule has 1 saturated carbocycles. The first kappa shape index (κ1) is 14.9. The number of nitro groups is 1. The Morgan fingerprint density at radius 3 is 2.70 bits per heavy atom. The number of hydrogen-bond donors (Lipinski definition) is 2. The van der Waals surface area contributed by atoms with Gasteiger partial charge in [-0.1, -0.05) is 13.8 Å². The third-order valence-corrected chi connectivity index (χ3v) is 3.56. The Labute approximate surface area is 118 Å². The van der Waals surface area contributed by atoms with E-state index in [4.69, 9.17) is 0 Å². The van der Waals surface area contributed by atoms with Crippen molar-refractivity contribution in [3.63, 3.8) is 0 Å². The SMILES string of the molecule is CCc1nn(CC(O)CNC2CC2)c(CC)c1[N+](=O)[O-]. The molecule has 1 aliphatic carbocycles. The molecule has 1 unspecified atom stereocenters. The topological polar surface area (TPSA) is 93.2 Å². The molecule has 7 nitrogen and oxygen atoms in total. The molecule has 0 amide bonds. The van der Waals surface area contributed by atoms with Gasteiger partial charge in [-0.05, 0) is 25.7 Å². The molecular formula is C13H22N4O3. The first-order chi connectivity index (χ1) is 9.56. The summed E-state index contributed by atoms with van der Waals surface area (Å²) < 4.78 is 1.59. The Hall–Kier alpha value is -1.47. The normalized spacial score (nSPS) is 16.4. The third-order valence-electron chi connectivity index (χ3n) is 3.56. The summed E-state index contributed by atoms with van der Waals surface area (Å²) in [6, 6.07) is 0.536. The van der Waals surface area contributed by atoms with Gasteiger partial charge in [0.15, 0.2) is 0 Å². The summed E-state index contributed by atoms with van der Waals surface area (Å²) in [6.45, 7) is 4.52. The number of aliphatic hydroxyl groups is 1. The fourth-order valence-corrected chi connectivity index (χ4v) is 2.35. The van der Waals surface area contributed by atoms with Gasteiger partial charge in [0.05, 0.1) is 17.6 Å². The van der Waals surface area contributed by atoms with Crippen molar-refractivity contribution in [3.8, 4) is 0 Å². The number of aliphatic hydroxyl groups excluding tert-OH is 1. The van der Waals surface area contributed by atoms with Gasteiger partial charge < -0.3 is 10.4 Å². The lowest BCUT2D eigenvalue weighted by molar-refractivity contribution is -0.386. The molecular weight excluding hydrogens is 260 g/mol. The van der Waals surface area contributed by atoms with E-state index in [0.717, 1.165) is 0 Å². The summed E-state index contributed by atoms with van der Waals surface area (Å²) in [4.78, 5) is 10.8. The van der Waals surface area contributed by atoms with Gasteiger partial charge >= 0.3 is 5.69 Å². The summed E-state index contributed by atoms with van der Waals surface area (Å²) in [7, 11) is 0. The van der Waals surface area contributed by atoms with E-state index in [1.807, 2.05) is 13.8 Å². The number of hydrogen-bond acceptors (Lipinski definition) is 5. The van der Waals surface area contributed by atoms with E-state index in [0.29, 0.717) is 43.4 Å². The third kappa shape index (κ3) is 3.34. The van der Waals surface area contributed by atoms with Gasteiger partial charge in [0.25, 0.3) is 0 Å². The number of aryl methyl sites for hydroxylation is 1. The van der Waals surface area contributed by atoms with Crippen molar-refractivity contribution in [2.45, 2.75) is 58.2 Å². The van der Waals surface area contributed by atoms with Crippen molar-refractivity contribution in [3.05, 3.63) is 21.5 Å². The van der Waals surface area contributed by atoms with Gasteiger partial charge in [-0.25, -0.2) is 0 Å². The fourth-order valence-electron chi connectivity index (χ4n) is 2.35. The minimum atomic E-state index is -0.579. The second-order valence-corrected chi connectivity index (χ2v) is 5.22. The maximum absolute atomic E-state index is 11.2. The lowest BCUT2D eigenvalue weighted by Gasteiger charge is -2.13. The van der Waals surface area contributed by atoms with E-state index in [2.05, 4.69) is 10.4 Å². The van der Waals surface area contributed by atoms with E-state index >= 15 is 0 Å². The molecule has 1 aromatic heterocycles. The van der Waals surface area contributed by atoms with Gasteiger partial charge in [0.2, 0.25) is 0 Å². The van der Waals surface area contributed by atoms with Crippen LogP contribution in [0.25, 0.3) is 0 Å². The molecule has 1 heterocycles. The molecule has 2 rings (SSSR count). The monoisotopic (exact) mass is 282 g/mol. The highest BCUT2D eigenvalue weighted by molar-refractivity contribution is 5.41. The summed E-state index contributed by atoms with van der Waals surface area (Å²) in [5.41, 5.74) is 1.20. The summed E-state index contributed by atoms with van der Waals surface area (Å²) in [6.07, 6.45) is 2.81. The first-order valence-corrected chi connectivity index (χ1v) is 7.21. The number of nitrogens with one attached hydrogen (secondary N) is 1. The van der Waals surface area contributed by atoms with Crippen molar-refractivity contribution in [1.82, 2.24) is 15.1 Å². The second-order valence-electron chi connectivity index (χ2n) is 5.22. The highest BCUT2D eigenvalue weighted by Crippen LogP contribution is 2.25. The van der Waals surface area contributed by atoms with Gasteiger partial charge in [-0.3, -0.25) is 14.8 Å². The molecule has 0 spiro atoms. The lowest BCUT2D eigenvalue weighted by Crippen LogP contribution is -2.32. The zero-order chi connectivity index (χ0) is 14.7. The van der Waals surface area contributed by atoms with Crippen LogP contribution in [0.2, 0.25) is 0 Å². The predicted octanol–water partition coefficient (Wildman–Crippen LogP) is 1.03. The predicted molar refractivity (Wildman–Crippen MR) is 74.7 cm³/mol. The molecule has 0 radical (unpaired) electrons. The number of nitrogens with zero attached hydrogens (tertiary/aromatic N) is 3. The molecule has 7 heteroatoms. The van der Waals surface area contributed by atoms with Crippen LogP contribution in [0.4, 0.5) is 5.69 Å². The van der Waals surface area contributed by atoms with Crippen LogP contribution in [-0.2, 0) is 19.4 Å². The van der Waals surface area contributed by atoms with Crippen LogP contribution < -0.4 is 5.32 Å². The summed E-state index contributed by atoms with van der Waals surface area (Å²) in [5.74, 6) is 0. The maximum Gasteiger partial charge on any atom is 0.313 e. The Morgan fingerprint density at radius 2 is 2.20 bits per heavy atom. The van der Waals surface area contributed by atoms with Crippen molar-refractivity contribution in [2.24, 2.45) is 0 Å². The van der Waals surface area contributed by atoms with Gasteiger partial charge in [-0.2, -0.15) is 5.10 Å². The van der Waals surface area contributed by atoms with Crippen LogP contribution in [0.1, 0.15) is 38.1 Å². The van der Waals surface area contributed by atoms with Crippen LogP contribution in [-0.4, -0.2) is 38.5 Å². The van der Waals surface area contributed by atoms with Crippen molar-refractivity contribution in [2.75, 3.05) is 6.54 Å². The lowest BCUT2D eigenvalue weighted by atomic mass is 10.2. The first-order valence-electron chi connectivity index (χ1n) is 7.21. The summed E-state index contributed by atoms with van der Waals surface area (Å²) in [5, 5.41) is 28.7. The smallest absolute Gasteiger partial charge is 0.313 e. The second kappa shape index (κ2) is 6.32. The van der Waals surface area contributed by atoms with Crippen LogP contribution >= 0.6 is 0 Å². The average molecular weight is 282 g/mol. The van der Waals surface area contributed by atoms with Crippen LogP contribution in [0.5, 0.6) is 0 Å². The average Bonchev–Trinajstić information content (AvgIpc) is 3.17.